The number of rotatable bonds is 2. The standard InChI is InChI=1S/C11H17N5O/c1-9(17)14-10-7-12-11(13-8-10)16-5-3-15(2)4-6-16/h7-8H,3-6H2,1-2H3,(H,14,17). The number of aromatic nitrogens is 2. The van der Waals surface area contributed by atoms with Crippen LogP contribution in [0.5, 0.6) is 0 Å². The number of piperazine rings is 1. The van der Waals surface area contributed by atoms with Crippen LogP contribution in [0.25, 0.3) is 0 Å². The molecule has 1 amide bonds. The van der Waals surface area contributed by atoms with E-state index in [0.29, 0.717) is 5.69 Å². The number of likely N-dealkylation sites (N-methyl/N-ethyl adjacent to an activating group) is 1. The molecule has 92 valence electrons. The Morgan fingerprint density at radius 2 is 1.82 bits per heavy atom. The molecule has 2 rings (SSSR count). The largest absolute Gasteiger partial charge is 0.338 e. The number of hydrogen-bond donors (Lipinski definition) is 1. The molecule has 1 aliphatic heterocycles. The van der Waals surface area contributed by atoms with Gasteiger partial charge in [-0.05, 0) is 7.05 Å². The molecule has 1 aromatic rings. The molecular weight excluding hydrogens is 218 g/mol. The highest BCUT2D eigenvalue weighted by atomic mass is 16.1. The lowest BCUT2D eigenvalue weighted by atomic mass is 10.3. The van der Waals surface area contributed by atoms with Gasteiger partial charge in [-0.25, -0.2) is 9.97 Å². The van der Waals surface area contributed by atoms with Gasteiger partial charge < -0.3 is 15.1 Å². The zero-order valence-electron chi connectivity index (χ0n) is 10.2. The number of amides is 1. The molecule has 2 heterocycles. The normalized spacial score (nSPS) is 16.9. The molecule has 1 saturated heterocycles. The third kappa shape index (κ3) is 3.13. The highest BCUT2D eigenvalue weighted by Gasteiger charge is 2.15. The van der Waals surface area contributed by atoms with Crippen LogP contribution in [0.3, 0.4) is 0 Å². The molecular formula is C11H17N5O. The summed E-state index contributed by atoms with van der Waals surface area (Å²) >= 11 is 0. The fourth-order valence-corrected chi connectivity index (χ4v) is 1.76. The number of nitrogens with one attached hydrogen (secondary N) is 1. The highest BCUT2D eigenvalue weighted by Crippen LogP contribution is 2.11. The summed E-state index contributed by atoms with van der Waals surface area (Å²) in [4.78, 5) is 23.8. The monoisotopic (exact) mass is 235 g/mol. The molecule has 0 unspecified atom stereocenters. The van der Waals surface area contributed by atoms with E-state index in [1.807, 2.05) is 0 Å². The van der Waals surface area contributed by atoms with Crippen molar-refractivity contribution in [3.63, 3.8) is 0 Å². The van der Waals surface area contributed by atoms with Crippen molar-refractivity contribution in [3.05, 3.63) is 12.4 Å². The quantitative estimate of drug-likeness (QED) is 0.792. The summed E-state index contributed by atoms with van der Waals surface area (Å²) in [5.41, 5.74) is 0.635. The molecule has 0 radical (unpaired) electrons. The Kier molecular flexibility index (Phi) is 3.53. The molecule has 0 spiro atoms. The zero-order valence-corrected chi connectivity index (χ0v) is 10.2. The van der Waals surface area contributed by atoms with Crippen LogP contribution in [-0.2, 0) is 4.79 Å². The lowest BCUT2D eigenvalue weighted by Crippen LogP contribution is -2.45. The predicted molar refractivity (Wildman–Crippen MR) is 66.0 cm³/mol. The average Bonchev–Trinajstić information content (AvgIpc) is 2.30. The fourth-order valence-electron chi connectivity index (χ4n) is 1.76. The van der Waals surface area contributed by atoms with Crippen molar-refractivity contribution in [2.24, 2.45) is 0 Å². The molecule has 17 heavy (non-hydrogen) atoms. The van der Waals surface area contributed by atoms with Gasteiger partial charge in [0.1, 0.15) is 0 Å². The lowest BCUT2D eigenvalue weighted by molar-refractivity contribution is -0.114. The smallest absolute Gasteiger partial charge is 0.225 e. The van der Waals surface area contributed by atoms with Crippen LogP contribution in [0, 0.1) is 0 Å². The van der Waals surface area contributed by atoms with Crippen molar-refractivity contribution in [2.45, 2.75) is 6.92 Å². The van der Waals surface area contributed by atoms with Crippen molar-refractivity contribution in [1.82, 2.24) is 14.9 Å². The maximum Gasteiger partial charge on any atom is 0.225 e. The minimum absolute atomic E-state index is 0.110. The second-order valence-electron chi connectivity index (χ2n) is 4.24. The number of carbonyl (C=O) groups excluding carboxylic acids is 1. The summed E-state index contributed by atoms with van der Waals surface area (Å²) in [5.74, 6) is 0.619. The minimum atomic E-state index is -0.110. The fraction of sp³-hybridized carbons (Fsp3) is 0.545. The molecule has 0 saturated carbocycles. The molecule has 0 bridgehead atoms. The molecule has 1 N–H and O–H groups in total. The van der Waals surface area contributed by atoms with Crippen molar-refractivity contribution in [2.75, 3.05) is 43.4 Å². The second kappa shape index (κ2) is 5.09. The van der Waals surface area contributed by atoms with E-state index in [2.05, 4.69) is 32.1 Å². The van der Waals surface area contributed by atoms with E-state index >= 15 is 0 Å². The van der Waals surface area contributed by atoms with E-state index in [1.165, 1.54) is 6.92 Å². The van der Waals surface area contributed by atoms with Crippen LogP contribution < -0.4 is 10.2 Å². The van der Waals surface area contributed by atoms with Crippen molar-refractivity contribution >= 4 is 17.5 Å². The first-order chi connectivity index (χ1) is 8.15. The van der Waals surface area contributed by atoms with Gasteiger partial charge in [0.25, 0.3) is 0 Å². The van der Waals surface area contributed by atoms with E-state index in [4.69, 9.17) is 0 Å². The maximum absolute atomic E-state index is 10.9. The molecule has 1 aliphatic rings. The highest BCUT2D eigenvalue weighted by molar-refractivity contribution is 5.88. The third-order valence-corrected chi connectivity index (χ3v) is 2.74. The molecule has 1 aromatic heterocycles. The summed E-state index contributed by atoms with van der Waals surface area (Å²) in [6.07, 6.45) is 3.28. The van der Waals surface area contributed by atoms with Gasteiger partial charge in [0.15, 0.2) is 0 Å². The van der Waals surface area contributed by atoms with Gasteiger partial charge in [0.2, 0.25) is 11.9 Å². The number of carbonyl (C=O) groups is 1. The Morgan fingerprint density at radius 1 is 1.24 bits per heavy atom. The molecule has 0 aliphatic carbocycles. The summed E-state index contributed by atoms with van der Waals surface area (Å²) in [5, 5.41) is 2.65. The first-order valence-electron chi connectivity index (χ1n) is 5.68. The van der Waals surface area contributed by atoms with E-state index < -0.39 is 0 Å². The Hall–Kier alpha value is -1.69. The van der Waals surface area contributed by atoms with Crippen molar-refractivity contribution < 1.29 is 4.79 Å². The van der Waals surface area contributed by atoms with Crippen molar-refractivity contribution in [1.29, 1.82) is 0 Å². The number of nitrogens with zero attached hydrogens (tertiary/aromatic N) is 4. The first kappa shape index (κ1) is 11.8. The molecule has 1 fully saturated rings. The van der Waals surface area contributed by atoms with Crippen molar-refractivity contribution in [3.8, 4) is 0 Å². The summed E-state index contributed by atoms with van der Waals surface area (Å²) < 4.78 is 0. The number of hydrogen-bond acceptors (Lipinski definition) is 5. The first-order valence-corrected chi connectivity index (χ1v) is 5.68. The average molecular weight is 235 g/mol. The van der Waals surface area contributed by atoms with Crippen LogP contribution in [0.4, 0.5) is 11.6 Å². The zero-order chi connectivity index (χ0) is 12.3. The Bertz CT molecular complexity index is 383. The van der Waals surface area contributed by atoms with Crippen LogP contribution in [0.2, 0.25) is 0 Å². The van der Waals surface area contributed by atoms with Crippen LogP contribution in [-0.4, -0.2) is 54.0 Å². The Morgan fingerprint density at radius 3 is 2.35 bits per heavy atom. The summed E-state index contributed by atoms with van der Waals surface area (Å²) in [6.45, 7) is 5.40. The molecule has 0 aromatic carbocycles. The van der Waals surface area contributed by atoms with Crippen LogP contribution >= 0.6 is 0 Å². The molecule has 0 atom stereocenters. The minimum Gasteiger partial charge on any atom is -0.338 e. The van der Waals surface area contributed by atoms with E-state index in [1.54, 1.807) is 12.4 Å². The van der Waals surface area contributed by atoms with Gasteiger partial charge in [0.05, 0.1) is 18.1 Å². The number of anilines is 2. The van der Waals surface area contributed by atoms with Crippen LogP contribution in [0.1, 0.15) is 6.92 Å². The van der Waals surface area contributed by atoms with Gasteiger partial charge in [-0.3, -0.25) is 4.79 Å². The van der Waals surface area contributed by atoms with E-state index in [9.17, 15) is 4.79 Å². The third-order valence-electron chi connectivity index (χ3n) is 2.74. The van der Waals surface area contributed by atoms with Gasteiger partial charge in [-0.15, -0.1) is 0 Å². The van der Waals surface area contributed by atoms with Gasteiger partial charge in [-0.2, -0.15) is 0 Å². The molecule has 6 heteroatoms. The Balaban J connectivity index is 2.00. The van der Waals surface area contributed by atoms with Crippen LogP contribution in [0.15, 0.2) is 12.4 Å². The molecule has 6 nitrogen and oxygen atoms in total. The summed E-state index contributed by atoms with van der Waals surface area (Å²) in [6, 6.07) is 0. The second-order valence-corrected chi connectivity index (χ2v) is 4.24. The predicted octanol–water partition coefficient (Wildman–Crippen LogP) is 0.187. The lowest BCUT2D eigenvalue weighted by Gasteiger charge is -2.32. The topological polar surface area (TPSA) is 61.4 Å². The van der Waals surface area contributed by atoms with Gasteiger partial charge >= 0.3 is 0 Å². The van der Waals surface area contributed by atoms with E-state index in [0.717, 1.165) is 32.1 Å². The van der Waals surface area contributed by atoms with E-state index in [-0.39, 0.29) is 5.91 Å². The SMILES string of the molecule is CC(=O)Nc1cnc(N2CCN(C)CC2)nc1. The summed E-state index contributed by atoms with van der Waals surface area (Å²) in [7, 11) is 2.11. The maximum atomic E-state index is 10.9. The van der Waals surface area contributed by atoms with Gasteiger partial charge in [-0.1, -0.05) is 0 Å². The Labute approximate surface area is 101 Å². The van der Waals surface area contributed by atoms with Gasteiger partial charge in [0, 0.05) is 33.1 Å².